The van der Waals surface area contributed by atoms with Gasteiger partial charge in [-0.15, -0.1) is 5.10 Å². The molecule has 4 amide bonds. The molecular formula is C34H43N9O7. The first-order chi connectivity index (χ1) is 23.9. The number of aliphatic hydroxyl groups is 1. The summed E-state index contributed by atoms with van der Waals surface area (Å²) < 4.78 is 6.90. The van der Waals surface area contributed by atoms with E-state index < -0.39 is 52.6 Å². The SMILES string of the molecule is CC(C)(O)c1cnnn1[C@H]1C[C@@H](C(=O)NC2(C(=O)C(N)=O)CCOCC2)N(C(=O)C(CC2CCCCC2)=NC(=O)c2nc3ccccc3[nH]2)C1. The van der Waals surface area contributed by atoms with Gasteiger partial charge < -0.3 is 30.8 Å². The number of benzene rings is 1. The zero-order valence-corrected chi connectivity index (χ0v) is 28.3. The summed E-state index contributed by atoms with van der Waals surface area (Å²) >= 11 is 0. The van der Waals surface area contributed by atoms with Crippen molar-refractivity contribution < 1.29 is 33.8 Å². The maximum atomic E-state index is 14.7. The first kappa shape index (κ1) is 35.0. The zero-order valence-electron chi connectivity index (χ0n) is 28.3. The Bertz CT molecular complexity index is 1780. The van der Waals surface area contributed by atoms with Crippen LogP contribution in [0, 0.1) is 5.92 Å². The molecule has 0 spiro atoms. The van der Waals surface area contributed by atoms with Crippen molar-refractivity contribution in [2.75, 3.05) is 19.8 Å². The number of para-hydroxylation sites is 2. The number of aromatic nitrogens is 5. The minimum absolute atomic E-state index is 0.00361. The molecule has 4 heterocycles. The van der Waals surface area contributed by atoms with E-state index in [1.54, 1.807) is 32.0 Å². The molecule has 3 aromatic rings. The number of amides is 4. The van der Waals surface area contributed by atoms with Crippen molar-refractivity contribution >= 4 is 46.2 Å². The highest BCUT2D eigenvalue weighted by molar-refractivity contribution is 6.41. The van der Waals surface area contributed by atoms with Crippen molar-refractivity contribution in [3.8, 4) is 0 Å². The fraction of sp³-hybridized carbons (Fsp3) is 0.559. The smallest absolute Gasteiger partial charge is 0.313 e. The zero-order chi connectivity index (χ0) is 35.6. The van der Waals surface area contributed by atoms with Crippen molar-refractivity contribution in [1.29, 1.82) is 0 Å². The number of hydrogen-bond donors (Lipinski definition) is 4. The van der Waals surface area contributed by atoms with Gasteiger partial charge in [0.1, 0.15) is 22.9 Å². The molecular weight excluding hydrogens is 646 g/mol. The third kappa shape index (κ3) is 7.21. The number of aliphatic imine (C=N–C) groups is 1. The Morgan fingerprint density at radius 3 is 2.52 bits per heavy atom. The number of nitrogens with zero attached hydrogens (tertiary/aromatic N) is 6. The molecule has 50 heavy (non-hydrogen) atoms. The Hall–Kier alpha value is -4.83. The van der Waals surface area contributed by atoms with Crippen molar-refractivity contribution in [1.82, 2.24) is 35.2 Å². The number of Topliss-reactive ketones (excluding diaryl/α,β-unsaturated/α-hetero) is 1. The lowest BCUT2D eigenvalue weighted by Crippen LogP contribution is -2.63. The summed E-state index contributed by atoms with van der Waals surface area (Å²) in [5, 5.41) is 21.8. The van der Waals surface area contributed by atoms with E-state index in [9.17, 15) is 29.1 Å². The normalized spacial score (nSPS) is 21.7. The summed E-state index contributed by atoms with van der Waals surface area (Å²) in [5.74, 6) is -4.05. The summed E-state index contributed by atoms with van der Waals surface area (Å²) in [6, 6.07) is 5.38. The van der Waals surface area contributed by atoms with Gasteiger partial charge in [-0.25, -0.2) is 14.7 Å². The van der Waals surface area contributed by atoms with E-state index >= 15 is 0 Å². The maximum Gasteiger partial charge on any atom is 0.313 e. The van der Waals surface area contributed by atoms with Gasteiger partial charge >= 0.3 is 5.91 Å². The van der Waals surface area contributed by atoms with Crippen LogP contribution in [0.4, 0.5) is 0 Å². The van der Waals surface area contributed by atoms with Crippen LogP contribution in [0.3, 0.4) is 0 Å². The monoisotopic (exact) mass is 689 g/mol. The molecule has 3 aliphatic rings. The van der Waals surface area contributed by atoms with Gasteiger partial charge in [-0.2, -0.15) is 0 Å². The molecule has 1 aliphatic carbocycles. The molecule has 3 fully saturated rings. The van der Waals surface area contributed by atoms with Gasteiger partial charge in [-0.1, -0.05) is 49.5 Å². The number of rotatable bonds is 10. The Balaban J connectivity index is 1.37. The molecule has 2 aromatic heterocycles. The molecule has 2 atom stereocenters. The maximum absolute atomic E-state index is 14.7. The van der Waals surface area contributed by atoms with Crippen molar-refractivity contribution in [2.24, 2.45) is 16.6 Å². The van der Waals surface area contributed by atoms with E-state index in [4.69, 9.17) is 10.5 Å². The highest BCUT2D eigenvalue weighted by atomic mass is 16.5. The van der Waals surface area contributed by atoms with Crippen molar-refractivity contribution in [3.05, 3.63) is 42.0 Å². The number of ketones is 1. The number of likely N-dealkylation sites (tertiary alicyclic amines) is 1. The van der Waals surface area contributed by atoms with Gasteiger partial charge in [-0.3, -0.25) is 24.0 Å². The second-order valence-corrected chi connectivity index (χ2v) is 14.0. The van der Waals surface area contributed by atoms with E-state index in [1.165, 1.54) is 15.8 Å². The molecule has 266 valence electrons. The molecule has 6 rings (SSSR count). The first-order valence-electron chi connectivity index (χ1n) is 17.1. The Morgan fingerprint density at radius 2 is 1.84 bits per heavy atom. The van der Waals surface area contributed by atoms with E-state index in [1.807, 2.05) is 6.07 Å². The average molecular weight is 690 g/mol. The Labute approximate surface area is 288 Å². The molecule has 16 heteroatoms. The van der Waals surface area contributed by atoms with Crippen LogP contribution >= 0.6 is 0 Å². The van der Waals surface area contributed by atoms with Gasteiger partial charge in [-0.05, 0) is 38.3 Å². The molecule has 16 nitrogen and oxygen atoms in total. The van der Waals surface area contributed by atoms with Gasteiger partial charge in [0.15, 0.2) is 5.82 Å². The third-order valence-corrected chi connectivity index (χ3v) is 10.0. The molecule has 1 aromatic carbocycles. The van der Waals surface area contributed by atoms with Gasteiger partial charge in [0.25, 0.3) is 11.8 Å². The number of nitrogens with two attached hydrogens (primary N) is 1. The number of imidazole rings is 1. The molecule has 5 N–H and O–H groups in total. The number of H-pyrrole nitrogens is 1. The summed E-state index contributed by atoms with van der Waals surface area (Å²) in [6.45, 7) is 3.35. The Morgan fingerprint density at radius 1 is 1.12 bits per heavy atom. The van der Waals surface area contributed by atoms with Gasteiger partial charge in [0.05, 0.1) is 29.0 Å². The molecule has 0 radical (unpaired) electrons. The van der Waals surface area contributed by atoms with Crippen LogP contribution in [0.2, 0.25) is 0 Å². The summed E-state index contributed by atoms with van der Waals surface area (Å²) in [4.78, 5) is 80.7. The van der Waals surface area contributed by atoms with Crippen LogP contribution < -0.4 is 11.1 Å². The van der Waals surface area contributed by atoms with Crippen LogP contribution in [0.5, 0.6) is 0 Å². The fourth-order valence-electron chi connectivity index (χ4n) is 7.34. The highest BCUT2D eigenvalue weighted by Gasteiger charge is 2.49. The second kappa shape index (κ2) is 14.2. The predicted molar refractivity (Wildman–Crippen MR) is 179 cm³/mol. The summed E-state index contributed by atoms with van der Waals surface area (Å²) in [6.07, 6.45) is 6.53. The minimum atomic E-state index is -1.60. The lowest BCUT2D eigenvalue weighted by molar-refractivity contribution is -0.146. The first-order valence-corrected chi connectivity index (χ1v) is 17.1. The molecule has 0 unspecified atom stereocenters. The second-order valence-electron chi connectivity index (χ2n) is 14.0. The number of carbonyl (C=O) groups is 5. The van der Waals surface area contributed by atoms with Crippen LogP contribution in [0.1, 0.15) is 94.0 Å². The van der Waals surface area contributed by atoms with E-state index in [-0.39, 0.29) is 62.9 Å². The topological polar surface area (TPSA) is 228 Å². The van der Waals surface area contributed by atoms with Crippen LogP contribution in [-0.4, -0.2) is 101 Å². The average Bonchev–Trinajstić information content (AvgIpc) is 3.86. The number of carbonyl (C=O) groups excluding carboxylic acids is 5. The van der Waals surface area contributed by atoms with E-state index in [2.05, 4.69) is 30.6 Å². The van der Waals surface area contributed by atoms with Gasteiger partial charge in [0.2, 0.25) is 11.7 Å². The summed E-state index contributed by atoms with van der Waals surface area (Å²) in [5.41, 5.74) is 4.05. The lowest BCUT2D eigenvalue weighted by Gasteiger charge is -2.37. The molecule has 1 saturated carbocycles. The Kier molecular flexibility index (Phi) is 9.94. The van der Waals surface area contributed by atoms with E-state index in [0.717, 1.165) is 32.1 Å². The predicted octanol–water partition coefficient (Wildman–Crippen LogP) is 1.50. The third-order valence-electron chi connectivity index (χ3n) is 10.0. The number of nitrogens with one attached hydrogen (secondary N) is 2. The van der Waals surface area contributed by atoms with Gasteiger partial charge in [0, 0.05) is 39.0 Å². The fourth-order valence-corrected chi connectivity index (χ4v) is 7.34. The lowest BCUT2D eigenvalue weighted by atomic mass is 9.84. The standard InChI is InChI=1S/C34H43N9O7/c1-33(2,49)26-18-36-41-43(26)21-17-25(30(46)40-34(27(44)28(35)45)12-14-50-15-13-34)42(19-21)32(48)24(16-20-8-4-3-5-9-20)39-31(47)29-37-22-10-6-7-11-23(22)38-29/h6-7,10-11,18,20-21,25,49H,3-5,8-9,12-17,19H2,1-2H3,(H2,35,45)(H,37,38)(H,40,46)/t21-,25-/m0/s1. The van der Waals surface area contributed by atoms with Crippen molar-refractivity contribution in [3.63, 3.8) is 0 Å². The number of ether oxygens (including phenoxy) is 1. The number of hydrogen-bond acceptors (Lipinski definition) is 10. The molecule has 0 bridgehead atoms. The van der Waals surface area contributed by atoms with Crippen LogP contribution in [0.15, 0.2) is 35.5 Å². The number of primary amides is 1. The quantitative estimate of drug-likeness (QED) is 0.177. The molecule has 2 aliphatic heterocycles. The van der Waals surface area contributed by atoms with Crippen LogP contribution in [-0.2, 0) is 29.5 Å². The van der Waals surface area contributed by atoms with Crippen LogP contribution in [0.25, 0.3) is 11.0 Å². The minimum Gasteiger partial charge on any atom is -0.384 e. The largest absolute Gasteiger partial charge is 0.384 e. The van der Waals surface area contributed by atoms with E-state index in [0.29, 0.717) is 16.7 Å². The number of fused-ring (bicyclic) bond motifs is 1. The summed E-state index contributed by atoms with van der Waals surface area (Å²) in [7, 11) is 0. The molecule has 2 saturated heterocycles. The number of aromatic amines is 1. The van der Waals surface area contributed by atoms with Crippen molar-refractivity contribution in [2.45, 2.75) is 94.9 Å². The highest BCUT2D eigenvalue weighted by Crippen LogP contribution is 2.34.